The molecule has 29 heavy (non-hydrogen) atoms. The van der Waals surface area contributed by atoms with E-state index in [0.717, 1.165) is 0 Å². The Morgan fingerprint density at radius 1 is 1.28 bits per heavy atom. The van der Waals surface area contributed by atoms with Gasteiger partial charge in [-0.2, -0.15) is 0 Å². The molecule has 2 amide bonds. The monoisotopic (exact) mass is 410 g/mol. The molecule has 1 unspecified atom stereocenters. The fourth-order valence-corrected chi connectivity index (χ4v) is 2.79. The molecule has 1 fully saturated rings. The number of benzene rings is 1. The van der Waals surface area contributed by atoms with Gasteiger partial charge in [0.25, 0.3) is 5.91 Å². The van der Waals surface area contributed by atoms with E-state index in [0.29, 0.717) is 0 Å². The van der Waals surface area contributed by atoms with Crippen LogP contribution in [0.3, 0.4) is 0 Å². The van der Waals surface area contributed by atoms with Gasteiger partial charge in [-0.3, -0.25) is 9.59 Å². The summed E-state index contributed by atoms with van der Waals surface area (Å²) >= 11 is 0. The van der Waals surface area contributed by atoms with Crippen LogP contribution < -0.4 is 11.1 Å². The molecule has 3 N–H and O–H groups in total. The van der Waals surface area contributed by atoms with Gasteiger partial charge < -0.3 is 25.3 Å². The number of amides is 2. The molecule has 1 saturated heterocycles. The summed E-state index contributed by atoms with van der Waals surface area (Å²) < 4.78 is 30.3. The van der Waals surface area contributed by atoms with Gasteiger partial charge in [-0.05, 0) is 19.9 Å². The molecule has 0 spiro atoms. The topological polar surface area (TPSA) is 117 Å². The van der Waals surface area contributed by atoms with E-state index < -0.39 is 53.4 Å². The summed E-state index contributed by atoms with van der Waals surface area (Å²) in [6.45, 7) is 6.93. The minimum Gasteiger partial charge on any atom is -0.450 e. The van der Waals surface area contributed by atoms with Crippen LogP contribution in [0.1, 0.15) is 39.7 Å². The quantitative estimate of drug-likeness (QED) is 0.657. The number of rotatable bonds is 7. The smallest absolute Gasteiger partial charge is 0.336 e. The maximum absolute atomic E-state index is 13.7. The summed E-state index contributed by atoms with van der Waals surface area (Å²) in [6.07, 6.45) is -2.99. The molecule has 0 aromatic heterocycles. The molecule has 0 aliphatic carbocycles. The Hall–Kier alpha value is -2.52. The predicted molar refractivity (Wildman–Crippen MR) is 101 cm³/mol. The molecule has 1 aliphatic rings. The van der Waals surface area contributed by atoms with Crippen LogP contribution in [0.5, 0.6) is 0 Å². The average molecular weight is 410 g/mol. The second kappa shape index (κ2) is 8.87. The van der Waals surface area contributed by atoms with Crippen LogP contribution in [0.15, 0.2) is 24.3 Å². The second-order valence-electron chi connectivity index (χ2n) is 8.08. The van der Waals surface area contributed by atoms with Crippen LogP contribution in [0.2, 0.25) is 0 Å². The average Bonchev–Trinajstić information content (AvgIpc) is 2.62. The Morgan fingerprint density at radius 3 is 2.55 bits per heavy atom. The molecule has 0 radical (unpaired) electrons. The van der Waals surface area contributed by atoms with Gasteiger partial charge in [0.2, 0.25) is 5.91 Å². The van der Waals surface area contributed by atoms with Crippen molar-refractivity contribution in [2.45, 2.75) is 58.7 Å². The van der Waals surface area contributed by atoms with Crippen LogP contribution >= 0.6 is 0 Å². The van der Waals surface area contributed by atoms with Crippen molar-refractivity contribution in [3.63, 3.8) is 0 Å². The Labute approximate surface area is 168 Å². The van der Waals surface area contributed by atoms with Gasteiger partial charge in [0, 0.05) is 17.5 Å². The molecule has 1 aromatic rings. The first-order valence-electron chi connectivity index (χ1n) is 9.23. The normalized spacial score (nSPS) is 21.1. The standard InChI is InChI=1S/C20H27FN2O6/c1-19(2)11-27-20(3,4)29-16(19)18(26)28-14(9-15(22)24)17(25)23-10-12-7-5-6-8-13(12)21/h5-8,14,16H,9-11H2,1-4H3,(H2,22,24)(H,23,25)/t14?,16-/m0/s1. The summed E-state index contributed by atoms with van der Waals surface area (Å²) in [6, 6.07) is 5.91. The highest BCUT2D eigenvalue weighted by Crippen LogP contribution is 2.35. The van der Waals surface area contributed by atoms with Crippen LogP contribution in [-0.4, -0.2) is 42.4 Å². The number of ether oxygens (including phenoxy) is 3. The first-order chi connectivity index (χ1) is 13.4. The van der Waals surface area contributed by atoms with E-state index in [1.54, 1.807) is 33.8 Å². The van der Waals surface area contributed by atoms with E-state index in [1.165, 1.54) is 18.2 Å². The number of carbonyl (C=O) groups is 3. The number of hydrogen-bond donors (Lipinski definition) is 2. The van der Waals surface area contributed by atoms with Crippen LogP contribution in [-0.2, 0) is 35.1 Å². The van der Waals surface area contributed by atoms with Crippen molar-refractivity contribution in [1.29, 1.82) is 0 Å². The lowest BCUT2D eigenvalue weighted by Gasteiger charge is -2.44. The van der Waals surface area contributed by atoms with Crippen molar-refractivity contribution in [1.82, 2.24) is 5.32 Å². The lowest BCUT2D eigenvalue weighted by Crippen LogP contribution is -2.55. The van der Waals surface area contributed by atoms with E-state index in [2.05, 4.69) is 5.32 Å². The van der Waals surface area contributed by atoms with Crippen molar-refractivity contribution in [3.05, 3.63) is 35.6 Å². The molecule has 9 heteroatoms. The lowest BCUT2D eigenvalue weighted by atomic mass is 9.86. The number of nitrogens with one attached hydrogen (secondary N) is 1. The van der Waals surface area contributed by atoms with E-state index in [-0.39, 0.29) is 18.7 Å². The Bertz CT molecular complexity index is 780. The molecular formula is C20H27FN2O6. The molecule has 1 heterocycles. The largest absolute Gasteiger partial charge is 0.450 e. The number of primary amides is 1. The summed E-state index contributed by atoms with van der Waals surface area (Å²) in [4.78, 5) is 36.6. The van der Waals surface area contributed by atoms with Crippen molar-refractivity contribution in [3.8, 4) is 0 Å². The molecule has 160 valence electrons. The predicted octanol–water partition coefficient (Wildman–Crippen LogP) is 1.41. The third-order valence-electron chi connectivity index (χ3n) is 4.47. The highest BCUT2D eigenvalue weighted by Gasteiger charge is 2.47. The summed E-state index contributed by atoms with van der Waals surface area (Å²) in [5.74, 6) is -3.89. The highest BCUT2D eigenvalue weighted by molar-refractivity contribution is 5.89. The van der Waals surface area contributed by atoms with Gasteiger partial charge in [-0.25, -0.2) is 9.18 Å². The summed E-state index contributed by atoms with van der Waals surface area (Å²) in [5, 5.41) is 2.46. The van der Waals surface area contributed by atoms with E-state index >= 15 is 0 Å². The van der Waals surface area contributed by atoms with Gasteiger partial charge in [0.1, 0.15) is 5.82 Å². The van der Waals surface area contributed by atoms with Gasteiger partial charge in [-0.15, -0.1) is 0 Å². The first kappa shape index (κ1) is 22.8. The van der Waals surface area contributed by atoms with Gasteiger partial charge >= 0.3 is 5.97 Å². The van der Waals surface area contributed by atoms with Crippen molar-refractivity contribution < 1.29 is 33.0 Å². The van der Waals surface area contributed by atoms with Crippen molar-refractivity contribution in [2.24, 2.45) is 11.1 Å². The zero-order valence-electron chi connectivity index (χ0n) is 17.0. The molecule has 1 aliphatic heterocycles. The van der Waals surface area contributed by atoms with Gasteiger partial charge in [0.15, 0.2) is 18.0 Å². The Balaban J connectivity index is 2.08. The zero-order chi connectivity index (χ0) is 21.8. The van der Waals surface area contributed by atoms with E-state index in [1.807, 2.05) is 0 Å². The van der Waals surface area contributed by atoms with Crippen LogP contribution in [0.25, 0.3) is 0 Å². The van der Waals surface area contributed by atoms with Crippen LogP contribution in [0, 0.1) is 11.2 Å². The first-order valence-corrected chi connectivity index (χ1v) is 9.23. The van der Waals surface area contributed by atoms with Crippen molar-refractivity contribution >= 4 is 17.8 Å². The highest BCUT2D eigenvalue weighted by atomic mass is 19.1. The molecule has 0 bridgehead atoms. The molecular weight excluding hydrogens is 383 g/mol. The van der Waals surface area contributed by atoms with Gasteiger partial charge in [-0.1, -0.05) is 32.0 Å². The number of esters is 1. The Morgan fingerprint density at radius 2 is 1.93 bits per heavy atom. The fourth-order valence-electron chi connectivity index (χ4n) is 2.79. The number of nitrogens with two attached hydrogens (primary N) is 1. The molecule has 2 atom stereocenters. The van der Waals surface area contributed by atoms with Gasteiger partial charge in [0.05, 0.1) is 13.0 Å². The number of carbonyl (C=O) groups excluding carboxylic acids is 3. The molecule has 1 aromatic carbocycles. The summed E-state index contributed by atoms with van der Waals surface area (Å²) in [5.41, 5.74) is 4.73. The number of hydrogen-bond acceptors (Lipinski definition) is 6. The Kier molecular flexibility index (Phi) is 6.97. The van der Waals surface area contributed by atoms with Crippen LogP contribution in [0.4, 0.5) is 4.39 Å². The molecule has 2 rings (SSSR count). The number of halogens is 1. The SMILES string of the molecule is CC1(C)OCC(C)(C)[C@H](C(=O)OC(CC(N)=O)C(=O)NCc2ccccc2F)O1. The van der Waals surface area contributed by atoms with Crippen molar-refractivity contribution in [2.75, 3.05) is 6.61 Å². The second-order valence-corrected chi connectivity index (χ2v) is 8.08. The maximum atomic E-state index is 13.7. The lowest BCUT2D eigenvalue weighted by molar-refractivity contribution is -0.309. The third kappa shape index (κ3) is 6.23. The molecule has 0 saturated carbocycles. The fraction of sp³-hybridized carbons (Fsp3) is 0.550. The summed E-state index contributed by atoms with van der Waals surface area (Å²) in [7, 11) is 0. The van der Waals surface area contributed by atoms with E-state index in [4.69, 9.17) is 19.9 Å². The zero-order valence-corrected chi connectivity index (χ0v) is 17.0. The maximum Gasteiger partial charge on any atom is 0.336 e. The van der Waals surface area contributed by atoms with E-state index in [9.17, 15) is 18.8 Å². The molecule has 8 nitrogen and oxygen atoms in total. The minimum atomic E-state index is -1.46. The third-order valence-corrected chi connectivity index (χ3v) is 4.47. The minimum absolute atomic E-state index is 0.134.